The number of carbonyl (C=O) groups excluding carboxylic acids is 2. The zero-order valence-corrected chi connectivity index (χ0v) is 54.1. The van der Waals surface area contributed by atoms with E-state index in [2.05, 4.69) is 0 Å². The van der Waals surface area contributed by atoms with Gasteiger partial charge in [-0.1, -0.05) is 12.2 Å². The first-order chi connectivity index (χ1) is 47.2. The second-order valence-corrected chi connectivity index (χ2v) is 27.9. The molecule has 36 nitrogen and oxygen atoms in total. The van der Waals surface area contributed by atoms with Gasteiger partial charge in [-0.15, -0.1) is 0 Å². The van der Waals surface area contributed by atoms with Crippen LogP contribution in [0.5, 0.6) is 0 Å². The molecular formula is C63H100O36. The molecule has 6 aliphatic heterocycles. The number of hydrogen-bond acceptors (Lipinski definition) is 36. The molecule has 33 unspecified atom stereocenters. The molecule has 0 amide bonds. The van der Waals surface area contributed by atoms with Crippen LogP contribution in [0.25, 0.3) is 0 Å². The highest BCUT2D eigenvalue weighted by Crippen LogP contribution is 2.46. The Labute approximate surface area is 567 Å². The first-order valence-corrected chi connectivity index (χ1v) is 34.1. The zero-order valence-electron chi connectivity index (χ0n) is 54.1. The van der Waals surface area contributed by atoms with Crippen molar-refractivity contribution in [1.29, 1.82) is 0 Å². The van der Waals surface area contributed by atoms with Crippen molar-refractivity contribution in [2.24, 2.45) is 23.7 Å². The number of carbonyl (C=O) groups is 2. The van der Waals surface area contributed by atoms with Crippen LogP contribution in [0, 0.1) is 23.7 Å². The molecule has 6 heterocycles. The fraction of sp³-hybridized carbons (Fsp3) is 0.905. The third-order valence-electron chi connectivity index (χ3n) is 21.2. The van der Waals surface area contributed by atoms with Gasteiger partial charge < -0.3 is 169 Å². The van der Waals surface area contributed by atoms with Crippen LogP contribution in [0.2, 0.25) is 0 Å². The predicted octanol–water partition coefficient (Wildman–Crippen LogP) is -9.43. The number of rotatable bonds is 22. The lowest BCUT2D eigenvalue weighted by molar-refractivity contribution is -0.349. The number of aliphatic hydroxyl groups excluding tert-OH is 21. The van der Waals surface area contributed by atoms with Crippen molar-refractivity contribution in [1.82, 2.24) is 0 Å². The summed E-state index contributed by atoms with van der Waals surface area (Å²) in [6, 6.07) is 0. The number of ether oxygens (including phenoxy) is 13. The summed E-state index contributed by atoms with van der Waals surface area (Å²) in [7, 11) is 0. The molecule has 10 fully saturated rings. The Hall–Kier alpha value is -2.86. The molecule has 4 aliphatic carbocycles. The van der Waals surface area contributed by atoms with Crippen LogP contribution in [-0.2, 0) is 71.2 Å². The van der Waals surface area contributed by atoms with Crippen molar-refractivity contribution in [3.63, 3.8) is 0 Å². The molecule has 99 heavy (non-hydrogen) atoms. The molecule has 36 heteroatoms. The minimum Gasteiger partial charge on any atom is -0.460 e. The van der Waals surface area contributed by atoms with Gasteiger partial charge in [-0.25, -0.2) is 9.59 Å². The Kier molecular flexibility index (Phi) is 27.9. The summed E-state index contributed by atoms with van der Waals surface area (Å²) in [4.78, 5) is 26.3. The largest absolute Gasteiger partial charge is 0.460 e. The Morgan fingerprint density at radius 2 is 0.677 bits per heavy atom. The van der Waals surface area contributed by atoms with E-state index in [1.54, 1.807) is 12.2 Å². The molecule has 6 saturated heterocycles. The third kappa shape index (κ3) is 18.5. The number of allylic oxidation sites excluding steroid dienone is 2. The molecule has 0 aromatic rings. The van der Waals surface area contributed by atoms with Gasteiger partial charge in [0.15, 0.2) is 31.5 Å². The van der Waals surface area contributed by atoms with Crippen LogP contribution >= 0.6 is 0 Å². The van der Waals surface area contributed by atoms with E-state index in [-0.39, 0.29) is 43.9 Å². The lowest BCUT2D eigenvalue weighted by Gasteiger charge is -2.52. The summed E-state index contributed by atoms with van der Waals surface area (Å²) in [5.41, 5.74) is 0. The van der Waals surface area contributed by atoms with E-state index in [1.807, 2.05) is 0 Å². The highest BCUT2D eigenvalue weighted by atomic mass is 16.8. The monoisotopic (exact) mass is 1430 g/mol. The fourth-order valence-electron chi connectivity index (χ4n) is 15.2. The van der Waals surface area contributed by atoms with Crippen LogP contribution in [0.15, 0.2) is 24.3 Å². The van der Waals surface area contributed by atoms with Gasteiger partial charge in [0.05, 0.1) is 74.8 Å². The van der Waals surface area contributed by atoms with E-state index < -0.39 is 271 Å². The lowest BCUT2D eigenvalue weighted by atomic mass is 9.72. The van der Waals surface area contributed by atoms with E-state index in [9.17, 15) is 117 Å². The van der Waals surface area contributed by atoms with Gasteiger partial charge in [0.25, 0.3) is 0 Å². The average Bonchev–Trinajstić information content (AvgIpc) is 0.763. The summed E-state index contributed by atoms with van der Waals surface area (Å²) >= 11 is 0. The van der Waals surface area contributed by atoms with Crippen LogP contribution in [-0.4, -0.2) is 367 Å². The van der Waals surface area contributed by atoms with Crippen molar-refractivity contribution in [2.45, 2.75) is 298 Å². The molecule has 0 bridgehead atoms. The van der Waals surface area contributed by atoms with E-state index in [0.29, 0.717) is 51.4 Å². The number of esters is 2. The molecule has 21 N–H and O–H groups in total. The molecule has 568 valence electrons. The summed E-state index contributed by atoms with van der Waals surface area (Å²) in [5, 5.41) is 225. The van der Waals surface area contributed by atoms with E-state index >= 15 is 0 Å². The van der Waals surface area contributed by atoms with Crippen LogP contribution < -0.4 is 0 Å². The SMILES string of the molecule is O=C(C=CC1CCC(OC2OC(CO)C(O)C(O)C2O)CC1)OCC1OC(OC2CC(C3OC4CC(O)CC(O)C4CC3OC3OC(CO)C(O)C(O)C3O)CC(OC3OC(COC(=O)C=CC4CCC(OC5OC(CO)C(O)C(O)C5O)CC4)C(O)C(O)C3O)C2O)C(O)C(O)C1O. The van der Waals surface area contributed by atoms with Gasteiger partial charge in [0.2, 0.25) is 0 Å². The lowest BCUT2D eigenvalue weighted by Crippen LogP contribution is -2.64. The van der Waals surface area contributed by atoms with Crippen molar-refractivity contribution in [3.05, 3.63) is 24.3 Å². The third-order valence-corrected chi connectivity index (χ3v) is 21.2. The Bertz CT molecular complexity index is 2450. The first-order valence-electron chi connectivity index (χ1n) is 34.1. The van der Waals surface area contributed by atoms with Gasteiger partial charge in [-0.3, -0.25) is 0 Å². The molecule has 0 radical (unpaired) electrons. The summed E-state index contributed by atoms with van der Waals surface area (Å²) in [6.07, 6.45) is -45.4. The highest BCUT2D eigenvalue weighted by molar-refractivity contribution is 5.82. The second-order valence-electron chi connectivity index (χ2n) is 27.9. The standard InChI is InChI=1S/C63H100O36/c64-18-35-43(72)48(77)53(82)59(95-35)89-27-7-1-23(2-8-27)5-11-40(69)87-21-38-46(75)51(80)56(85)61(98-38)92-32-13-25(58-34(17-29-30(68)15-26(67)16-31(29)91-58)94-63-55(84)50(79)45(74)37(20-66)97-63)14-33(42(32)71)93-62-57(86)52(81)47(76)39(99-62)22-88-41(70)12-6-24-3-9-28(10-4-24)90-60-54(83)49(78)44(73)36(19-65)96-60/h5-6,11-12,23-39,42-68,71-86H,1-4,7-10,13-22H2. The Balaban J connectivity index is 0.807. The first kappa shape index (κ1) is 78.7. The minimum atomic E-state index is -2.07. The predicted molar refractivity (Wildman–Crippen MR) is 320 cm³/mol. The van der Waals surface area contributed by atoms with Crippen molar-refractivity contribution in [3.8, 4) is 0 Å². The molecular weight excluding hydrogens is 1330 g/mol. The van der Waals surface area contributed by atoms with Gasteiger partial charge in [-0.05, 0) is 101 Å². The topological polar surface area (TPSA) is 579 Å². The quantitative estimate of drug-likeness (QED) is 0.0353. The van der Waals surface area contributed by atoms with Crippen molar-refractivity contribution in [2.75, 3.05) is 33.0 Å². The van der Waals surface area contributed by atoms with Crippen molar-refractivity contribution >= 4 is 11.9 Å². The van der Waals surface area contributed by atoms with E-state index in [0.717, 1.165) is 12.2 Å². The molecule has 0 spiro atoms. The summed E-state index contributed by atoms with van der Waals surface area (Å²) < 4.78 is 76.9. The minimum absolute atomic E-state index is 0.00944. The van der Waals surface area contributed by atoms with E-state index in [4.69, 9.17) is 61.6 Å². The normalized spacial score (nSPS) is 50.2. The van der Waals surface area contributed by atoms with Gasteiger partial charge in [0, 0.05) is 18.1 Å². The van der Waals surface area contributed by atoms with Crippen LogP contribution in [0.1, 0.15) is 83.5 Å². The summed E-state index contributed by atoms with van der Waals surface area (Å²) in [5.74, 6) is -3.86. The Morgan fingerprint density at radius 3 is 1.04 bits per heavy atom. The molecule has 10 rings (SSSR count). The molecule has 33 atom stereocenters. The van der Waals surface area contributed by atoms with Gasteiger partial charge in [0.1, 0.15) is 141 Å². The summed E-state index contributed by atoms with van der Waals surface area (Å²) in [6.45, 7) is -3.53. The maximum Gasteiger partial charge on any atom is 0.330 e. The van der Waals surface area contributed by atoms with Gasteiger partial charge >= 0.3 is 11.9 Å². The fourth-order valence-corrected chi connectivity index (χ4v) is 15.2. The molecule has 0 aromatic carbocycles. The molecule has 4 saturated carbocycles. The second kappa shape index (κ2) is 35.0. The number of fused-ring (bicyclic) bond motifs is 1. The zero-order chi connectivity index (χ0) is 71.4. The number of aliphatic hydroxyl groups is 21. The smallest absolute Gasteiger partial charge is 0.330 e. The highest BCUT2D eigenvalue weighted by Gasteiger charge is 2.57. The van der Waals surface area contributed by atoms with Gasteiger partial charge in [-0.2, -0.15) is 0 Å². The van der Waals surface area contributed by atoms with E-state index in [1.165, 1.54) is 0 Å². The van der Waals surface area contributed by atoms with Crippen LogP contribution in [0.3, 0.4) is 0 Å². The number of hydrogen-bond donors (Lipinski definition) is 21. The molecule has 0 aromatic heterocycles. The Morgan fingerprint density at radius 1 is 0.343 bits per heavy atom. The van der Waals surface area contributed by atoms with Crippen LogP contribution in [0.4, 0.5) is 0 Å². The molecule has 10 aliphatic rings. The maximum atomic E-state index is 13.2. The average molecular weight is 1430 g/mol. The van der Waals surface area contributed by atoms with Crippen molar-refractivity contribution < 1.29 is 178 Å². The maximum absolute atomic E-state index is 13.2.